The number of hydrogen-bond acceptors (Lipinski definition) is 5. The van der Waals surface area contributed by atoms with E-state index in [0.29, 0.717) is 22.6 Å². The molecule has 0 radical (unpaired) electrons. The molecule has 0 aliphatic heterocycles. The molecule has 0 atom stereocenters. The van der Waals surface area contributed by atoms with Gasteiger partial charge in [0, 0.05) is 28.4 Å². The van der Waals surface area contributed by atoms with Gasteiger partial charge in [-0.15, -0.1) is 0 Å². The summed E-state index contributed by atoms with van der Waals surface area (Å²) >= 11 is 1.61. The second-order valence-electron chi connectivity index (χ2n) is 5.94. The van der Waals surface area contributed by atoms with Crippen molar-refractivity contribution in [2.75, 3.05) is 5.32 Å². The average Bonchev–Trinajstić information content (AvgIpc) is 3.37. The van der Waals surface area contributed by atoms with E-state index in [-0.39, 0.29) is 5.91 Å². The van der Waals surface area contributed by atoms with Crippen molar-refractivity contribution in [2.45, 2.75) is 13.3 Å². The van der Waals surface area contributed by atoms with Crippen molar-refractivity contribution in [3.63, 3.8) is 0 Å². The molecule has 1 N–H and O–H groups in total. The van der Waals surface area contributed by atoms with E-state index in [0.717, 1.165) is 23.4 Å². The molecule has 4 rings (SSSR count). The van der Waals surface area contributed by atoms with Crippen LogP contribution in [0.4, 0.5) is 5.69 Å². The third-order valence-corrected chi connectivity index (χ3v) is 4.87. The number of nitrogens with zero attached hydrogens (tertiary/aromatic N) is 4. The van der Waals surface area contributed by atoms with Crippen LogP contribution in [0.3, 0.4) is 0 Å². The van der Waals surface area contributed by atoms with Crippen LogP contribution in [0.15, 0.2) is 53.2 Å². The van der Waals surface area contributed by atoms with Gasteiger partial charge >= 0.3 is 0 Å². The van der Waals surface area contributed by atoms with Gasteiger partial charge in [-0.2, -0.15) is 21.7 Å². The van der Waals surface area contributed by atoms with Crippen LogP contribution in [0.25, 0.3) is 16.9 Å². The van der Waals surface area contributed by atoms with Gasteiger partial charge in [0.25, 0.3) is 5.91 Å². The summed E-state index contributed by atoms with van der Waals surface area (Å²) in [7, 11) is 0. The lowest BCUT2D eigenvalue weighted by atomic mass is 10.2. The first-order chi connectivity index (χ1) is 13.2. The number of aromatic nitrogens is 3. The second-order valence-corrected chi connectivity index (χ2v) is 6.72. The molecule has 1 aromatic carbocycles. The first-order valence-electron chi connectivity index (χ1n) is 8.41. The molecule has 7 heteroatoms. The number of anilines is 1. The van der Waals surface area contributed by atoms with E-state index in [1.54, 1.807) is 46.2 Å². The molecule has 0 aliphatic carbocycles. The predicted molar refractivity (Wildman–Crippen MR) is 105 cm³/mol. The number of thiophene rings is 1. The van der Waals surface area contributed by atoms with Crippen molar-refractivity contribution in [1.82, 2.24) is 14.6 Å². The highest BCUT2D eigenvalue weighted by Gasteiger charge is 2.15. The van der Waals surface area contributed by atoms with Crippen molar-refractivity contribution < 1.29 is 4.79 Å². The molecule has 3 heterocycles. The van der Waals surface area contributed by atoms with Crippen LogP contribution < -0.4 is 5.32 Å². The third kappa shape index (κ3) is 3.30. The zero-order chi connectivity index (χ0) is 18.8. The number of carbonyl (C=O) groups excluding carboxylic acids is 1. The molecule has 0 saturated heterocycles. The van der Waals surface area contributed by atoms with Crippen molar-refractivity contribution >= 4 is 28.6 Å². The van der Waals surface area contributed by atoms with E-state index in [4.69, 9.17) is 5.26 Å². The van der Waals surface area contributed by atoms with Gasteiger partial charge in [0.05, 0.1) is 17.3 Å². The van der Waals surface area contributed by atoms with E-state index in [2.05, 4.69) is 21.5 Å². The minimum absolute atomic E-state index is 0.296. The maximum Gasteiger partial charge on any atom is 0.274 e. The smallest absolute Gasteiger partial charge is 0.274 e. The van der Waals surface area contributed by atoms with E-state index in [9.17, 15) is 4.79 Å². The fraction of sp³-hybridized carbons (Fsp3) is 0.100. The largest absolute Gasteiger partial charge is 0.321 e. The number of amides is 1. The normalized spacial score (nSPS) is 10.7. The van der Waals surface area contributed by atoms with Crippen LogP contribution in [-0.2, 0) is 6.42 Å². The van der Waals surface area contributed by atoms with Crippen molar-refractivity contribution in [1.29, 1.82) is 5.26 Å². The molecule has 0 fully saturated rings. The van der Waals surface area contributed by atoms with Crippen LogP contribution >= 0.6 is 11.3 Å². The van der Waals surface area contributed by atoms with Crippen LogP contribution in [0, 0.1) is 11.3 Å². The first-order valence-corrected chi connectivity index (χ1v) is 9.36. The maximum absolute atomic E-state index is 12.6. The van der Waals surface area contributed by atoms with Gasteiger partial charge in [0.2, 0.25) is 0 Å². The summed E-state index contributed by atoms with van der Waals surface area (Å²) < 4.78 is 1.78. The Hall–Kier alpha value is -3.50. The van der Waals surface area contributed by atoms with E-state index >= 15 is 0 Å². The number of fused-ring (bicyclic) bond motifs is 1. The molecule has 1 amide bonds. The van der Waals surface area contributed by atoms with Crippen LogP contribution in [0.2, 0.25) is 0 Å². The Labute approximate surface area is 159 Å². The summed E-state index contributed by atoms with van der Waals surface area (Å²) in [6, 6.07) is 14.4. The lowest BCUT2D eigenvalue weighted by molar-refractivity contribution is 0.102. The van der Waals surface area contributed by atoms with Gasteiger partial charge in [-0.3, -0.25) is 4.79 Å². The van der Waals surface area contributed by atoms with Gasteiger partial charge in [-0.05, 0) is 48.2 Å². The lowest BCUT2D eigenvalue weighted by Gasteiger charge is -2.07. The molecule has 27 heavy (non-hydrogen) atoms. The second kappa shape index (κ2) is 7.02. The van der Waals surface area contributed by atoms with Crippen LogP contribution in [0.1, 0.15) is 28.7 Å². The minimum Gasteiger partial charge on any atom is -0.321 e. The molecular formula is C20H15N5OS. The van der Waals surface area contributed by atoms with Crippen molar-refractivity contribution in [3.8, 4) is 17.3 Å². The number of nitriles is 1. The van der Waals surface area contributed by atoms with Crippen molar-refractivity contribution in [3.05, 3.63) is 70.2 Å². The van der Waals surface area contributed by atoms with Gasteiger partial charge in [0.1, 0.15) is 5.69 Å². The summed E-state index contributed by atoms with van der Waals surface area (Å²) in [6.45, 7) is 2.02. The Morgan fingerprint density at radius 3 is 2.74 bits per heavy atom. The molecule has 4 aromatic rings. The number of rotatable bonds is 4. The van der Waals surface area contributed by atoms with Gasteiger partial charge in [-0.1, -0.05) is 6.92 Å². The highest BCUT2D eigenvalue weighted by molar-refractivity contribution is 7.08. The quantitative estimate of drug-likeness (QED) is 0.583. The summed E-state index contributed by atoms with van der Waals surface area (Å²) in [5, 5.41) is 20.3. The van der Waals surface area contributed by atoms with Crippen LogP contribution in [0.5, 0.6) is 0 Å². The van der Waals surface area contributed by atoms with Gasteiger partial charge < -0.3 is 5.32 Å². The SMILES string of the molecule is CCc1cc(C(=O)Nc2ccc(C#N)cc2)nc2cc(-c3ccsc3)nn12. The topological polar surface area (TPSA) is 83.1 Å². The highest BCUT2D eigenvalue weighted by atomic mass is 32.1. The Kier molecular flexibility index (Phi) is 4.40. The number of aryl methyl sites for hydroxylation is 1. The third-order valence-electron chi connectivity index (χ3n) is 4.18. The molecular weight excluding hydrogens is 358 g/mol. The Morgan fingerprint density at radius 2 is 2.07 bits per heavy atom. The molecule has 6 nitrogen and oxygen atoms in total. The number of hydrogen-bond donors (Lipinski definition) is 1. The van der Waals surface area contributed by atoms with E-state index < -0.39 is 0 Å². The molecule has 132 valence electrons. The molecule has 0 bridgehead atoms. The monoisotopic (exact) mass is 373 g/mol. The fourth-order valence-electron chi connectivity index (χ4n) is 2.78. The summed E-state index contributed by atoms with van der Waals surface area (Å²) in [4.78, 5) is 17.1. The zero-order valence-corrected chi connectivity index (χ0v) is 15.3. The Morgan fingerprint density at radius 1 is 1.26 bits per heavy atom. The predicted octanol–water partition coefficient (Wildman–Crippen LogP) is 4.14. The van der Waals surface area contributed by atoms with Crippen molar-refractivity contribution in [2.24, 2.45) is 0 Å². The standard InChI is InChI=1S/C20H15N5OS/c1-2-16-9-18(20(26)22-15-5-3-13(11-21)4-6-15)23-19-10-17(24-25(16)19)14-7-8-27-12-14/h3-10,12H,2H2,1H3,(H,22,26). The Bertz CT molecular complexity index is 1150. The fourth-order valence-corrected chi connectivity index (χ4v) is 3.43. The average molecular weight is 373 g/mol. The summed E-state index contributed by atoms with van der Waals surface area (Å²) in [5.74, 6) is -0.296. The molecule has 0 spiro atoms. The lowest BCUT2D eigenvalue weighted by Crippen LogP contribution is -2.15. The van der Waals surface area contributed by atoms with Gasteiger partial charge in [-0.25, -0.2) is 9.50 Å². The Balaban J connectivity index is 1.68. The molecule has 0 unspecified atom stereocenters. The van der Waals surface area contributed by atoms with Gasteiger partial charge in [0.15, 0.2) is 5.65 Å². The zero-order valence-electron chi connectivity index (χ0n) is 14.5. The molecule has 0 saturated carbocycles. The van der Waals surface area contributed by atoms with E-state index in [1.807, 2.05) is 29.8 Å². The van der Waals surface area contributed by atoms with E-state index in [1.165, 1.54) is 0 Å². The molecule has 0 aliphatic rings. The highest BCUT2D eigenvalue weighted by Crippen LogP contribution is 2.23. The minimum atomic E-state index is -0.296. The number of carbonyl (C=O) groups is 1. The summed E-state index contributed by atoms with van der Waals surface area (Å²) in [5.41, 5.74) is 4.92. The summed E-state index contributed by atoms with van der Waals surface area (Å²) in [6.07, 6.45) is 0.723. The first kappa shape index (κ1) is 16.9. The number of nitrogens with one attached hydrogen (secondary N) is 1. The van der Waals surface area contributed by atoms with Crippen LogP contribution in [-0.4, -0.2) is 20.5 Å². The number of benzene rings is 1. The maximum atomic E-state index is 12.6. The molecule has 3 aromatic heterocycles.